The van der Waals surface area contributed by atoms with Gasteiger partial charge in [-0.1, -0.05) is 24.3 Å². The Balaban J connectivity index is 1.75. The van der Waals surface area contributed by atoms with Crippen LogP contribution in [0, 0.1) is 5.92 Å². The van der Waals surface area contributed by atoms with Crippen LogP contribution < -0.4 is 20.1 Å². The van der Waals surface area contributed by atoms with E-state index >= 15 is 0 Å². The van der Waals surface area contributed by atoms with Gasteiger partial charge in [0.2, 0.25) is 0 Å². The van der Waals surface area contributed by atoms with Crippen molar-refractivity contribution in [2.45, 2.75) is 6.92 Å². The largest absolute Gasteiger partial charge is 0.490 e. The van der Waals surface area contributed by atoms with Crippen LogP contribution in [0.25, 0.3) is 0 Å². The lowest BCUT2D eigenvalue weighted by Gasteiger charge is -2.27. The molecule has 0 atom stereocenters. The normalized spacial score (nSPS) is 13.9. The molecule has 0 unspecified atom stereocenters. The van der Waals surface area contributed by atoms with Gasteiger partial charge in [0.15, 0.2) is 11.5 Å². The van der Waals surface area contributed by atoms with E-state index in [1.807, 2.05) is 43.3 Å². The number of hydrogen-bond acceptors (Lipinski definition) is 4. The summed E-state index contributed by atoms with van der Waals surface area (Å²) in [6.07, 6.45) is 0. The molecule has 2 aromatic carbocycles. The highest BCUT2D eigenvalue weighted by Gasteiger charge is 2.19. The number of carbonyl (C=O) groups is 1. The first-order chi connectivity index (χ1) is 11.8. The van der Waals surface area contributed by atoms with Crippen LogP contribution in [0.1, 0.15) is 17.3 Å². The molecule has 0 radical (unpaired) electrons. The van der Waals surface area contributed by atoms with E-state index < -0.39 is 0 Å². The third-order valence-electron chi connectivity index (χ3n) is 3.92. The van der Waals surface area contributed by atoms with Crippen LogP contribution in [0.4, 0.5) is 0 Å². The number of ether oxygens (including phenoxy) is 2. The van der Waals surface area contributed by atoms with E-state index in [0.29, 0.717) is 41.9 Å². The molecule has 0 aliphatic carbocycles. The molecule has 2 N–H and O–H groups in total. The van der Waals surface area contributed by atoms with E-state index in [1.165, 1.54) is 0 Å². The molecular weight excluding hydrogens is 304 g/mol. The lowest BCUT2D eigenvalue weighted by molar-refractivity contribution is 0.0940. The zero-order valence-electron chi connectivity index (χ0n) is 13.7. The van der Waals surface area contributed by atoms with Crippen LogP contribution in [0.2, 0.25) is 0 Å². The fourth-order valence-electron chi connectivity index (χ4n) is 2.50. The van der Waals surface area contributed by atoms with Gasteiger partial charge in [0, 0.05) is 25.6 Å². The van der Waals surface area contributed by atoms with Crippen LogP contribution in [-0.2, 0) is 0 Å². The lowest BCUT2D eigenvalue weighted by Crippen LogP contribution is -2.48. The predicted molar refractivity (Wildman–Crippen MR) is 92.8 cm³/mol. The monoisotopic (exact) mass is 326 g/mol. The van der Waals surface area contributed by atoms with E-state index in [1.54, 1.807) is 12.1 Å². The van der Waals surface area contributed by atoms with Gasteiger partial charge < -0.3 is 20.1 Å². The number of amides is 1. The Hall–Kier alpha value is -2.53. The minimum absolute atomic E-state index is 0.119. The summed E-state index contributed by atoms with van der Waals surface area (Å²) in [4.78, 5) is 12.5. The third-order valence-corrected chi connectivity index (χ3v) is 3.92. The first-order valence-electron chi connectivity index (χ1n) is 8.25. The van der Waals surface area contributed by atoms with Crippen LogP contribution in [0.3, 0.4) is 0 Å². The fraction of sp³-hybridized carbons (Fsp3) is 0.316. The van der Waals surface area contributed by atoms with Crippen molar-refractivity contribution in [3.63, 3.8) is 0 Å². The summed E-state index contributed by atoms with van der Waals surface area (Å²) in [7, 11) is 0. The molecule has 0 aromatic heterocycles. The van der Waals surface area contributed by atoms with Crippen molar-refractivity contribution in [1.82, 2.24) is 10.6 Å². The van der Waals surface area contributed by atoms with Gasteiger partial charge >= 0.3 is 0 Å². The number of carbonyl (C=O) groups excluding carboxylic acids is 1. The van der Waals surface area contributed by atoms with E-state index in [4.69, 9.17) is 9.47 Å². The summed E-state index contributed by atoms with van der Waals surface area (Å²) in [6.45, 7) is 5.07. The summed E-state index contributed by atoms with van der Waals surface area (Å²) in [6, 6.07) is 14.7. The highest BCUT2D eigenvalue weighted by Crippen LogP contribution is 2.32. The van der Waals surface area contributed by atoms with Crippen molar-refractivity contribution >= 4 is 5.91 Å². The molecule has 1 aliphatic heterocycles. The Labute approximate surface area is 142 Å². The first kappa shape index (κ1) is 16.3. The van der Waals surface area contributed by atoms with Gasteiger partial charge in [-0.25, -0.2) is 0 Å². The van der Waals surface area contributed by atoms with Crippen molar-refractivity contribution in [3.8, 4) is 17.2 Å². The van der Waals surface area contributed by atoms with Crippen LogP contribution in [0.15, 0.2) is 48.5 Å². The summed E-state index contributed by atoms with van der Waals surface area (Å²) in [5.74, 6) is 2.18. The average Bonchev–Trinajstić information content (AvgIpc) is 2.56. The molecule has 1 saturated heterocycles. The zero-order valence-corrected chi connectivity index (χ0v) is 13.7. The molecule has 1 aliphatic rings. The molecule has 0 spiro atoms. The fourth-order valence-corrected chi connectivity index (χ4v) is 2.50. The molecular formula is C19H22N2O3. The Kier molecular flexibility index (Phi) is 5.33. The molecule has 0 saturated carbocycles. The van der Waals surface area contributed by atoms with Crippen molar-refractivity contribution in [1.29, 1.82) is 0 Å². The van der Waals surface area contributed by atoms with Crippen LogP contribution >= 0.6 is 0 Å². The molecule has 126 valence electrons. The second-order valence-electron chi connectivity index (χ2n) is 5.71. The van der Waals surface area contributed by atoms with Crippen LogP contribution in [-0.4, -0.2) is 32.1 Å². The van der Waals surface area contributed by atoms with Gasteiger partial charge in [-0.2, -0.15) is 0 Å². The third kappa shape index (κ3) is 3.86. The van der Waals surface area contributed by atoms with E-state index in [-0.39, 0.29) is 5.91 Å². The highest BCUT2D eigenvalue weighted by atomic mass is 16.5. The molecule has 1 amide bonds. The summed E-state index contributed by atoms with van der Waals surface area (Å²) >= 11 is 0. The molecule has 0 bridgehead atoms. The Morgan fingerprint density at radius 2 is 1.75 bits per heavy atom. The van der Waals surface area contributed by atoms with Crippen molar-refractivity contribution in [2.24, 2.45) is 5.92 Å². The zero-order chi connectivity index (χ0) is 16.8. The van der Waals surface area contributed by atoms with Crippen molar-refractivity contribution in [3.05, 3.63) is 54.1 Å². The van der Waals surface area contributed by atoms with Gasteiger partial charge in [-0.3, -0.25) is 4.79 Å². The van der Waals surface area contributed by atoms with Gasteiger partial charge in [0.05, 0.1) is 12.2 Å². The number of rotatable bonds is 7. The number of benzene rings is 2. The maximum absolute atomic E-state index is 12.5. The Morgan fingerprint density at radius 1 is 1.08 bits per heavy atom. The smallest absolute Gasteiger partial charge is 0.255 e. The van der Waals surface area contributed by atoms with Crippen molar-refractivity contribution < 1.29 is 14.3 Å². The lowest BCUT2D eigenvalue weighted by atomic mass is 10.0. The standard InChI is InChI=1S/C19H22N2O3/c1-2-23-17-9-5-6-10-18(17)24-16-8-4-3-7-15(16)19(22)21-13-14-11-20-12-14/h3-10,14,20H,2,11-13H2,1H3,(H,21,22). The summed E-state index contributed by atoms with van der Waals surface area (Å²) in [5.41, 5.74) is 0.524. The number of nitrogens with one attached hydrogen (secondary N) is 2. The maximum Gasteiger partial charge on any atom is 0.255 e. The van der Waals surface area contributed by atoms with E-state index in [0.717, 1.165) is 13.1 Å². The maximum atomic E-state index is 12.5. The molecule has 3 rings (SSSR count). The summed E-state index contributed by atoms with van der Waals surface area (Å²) in [5, 5.41) is 6.17. The predicted octanol–water partition coefficient (Wildman–Crippen LogP) is 2.83. The molecule has 1 heterocycles. The number of hydrogen-bond donors (Lipinski definition) is 2. The molecule has 2 aromatic rings. The second kappa shape index (κ2) is 7.84. The minimum atomic E-state index is -0.119. The summed E-state index contributed by atoms with van der Waals surface area (Å²) < 4.78 is 11.5. The van der Waals surface area contributed by atoms with E-state index in [9.17, 15) is 4.79 Å². The highest BCUT2D eigenvalue weighted by molar-refractivity contribution is 5.97. The van der Waals surface area contributed by atoms with E-state index in [2.05, 4.69) is 10.6 Å². The second-order valence-corrected chi connectivity index (χ2v) is 5.71. The van der Waals surface area contributed by atoms with Gasteiger partial charge in [-0.05, 0) is 31.2 Å². The van der Waals surface area contributed by atoms with Gasteiger partial charge in [0.1, 0.15) is 5.75 Å². The van der Waals surface area contributed by atoms with Gasteiger partial charge in [-0.15, -0.1) is 0 Å². The molecule has 5 heteroatoms. The topological polar surface area (TPSA) is 59.6 Å². The molecule has 24 heavy (non-hydrogen) atoms. The van der Waals surface area contributed by atoms with Crippen molar-refractivity contribution in [2.75, 3.05) is 26.2 Å². The average molecular weight is 326 g/mol. The quantitative estimate of drug-likeness (QED) is 0.821. The van der Waals surface area contributed by atoms with Crippen LogP contribution in [0.5, 0.6) is 17.2 Å². The molecule has 1 fully saturated rings. The molecule has 5 nitrogen and oxygen atoms in total. The first-order valence-corrected chi connectivity index (χ1v) is 8.25. The minimum Gasteiger partial charge on any atom is -0.490 e. The Bertz CT molecular complexity index is 699. The Morgan fingerprint density at radius 3 is 2.42 bits per heavy atom. The SMILES string of the molecule is CCOc1ccccc1Oc1ccccc1C(=O)NCC1CNC1. The van der Waals surface area contributed by atoms with Gasteiger partial charge in [0.25, 0.3) is 5.91 Å². The number of para-hydroxylation sites is 3.